The van der Waals surface area contributed by atoms with Gasteiger partial charge in [0.25, 0.3) is 0 Å². The molecular formula is C11H18N2O. The third kappa shape index (κ3) is 1.99. The van der Waals surface area contributed by atoms with Gasteiger partial charge in [-0.05, 0) is 12.5 Å². The summed E-state index contributed by atoms with van der Waals surface area (Å²) in [6, 6.07) is 2.62. The first-order chi connectivity index (χ1) is 6.92. The van der Waals surface area contributed by atoms with Crippen molar-refractivity contribution in [3.05, 3.63) is 24.2 Å². The monoisotopic (exact) mass is 194 g/mol. The van der Waals surface area contributed by atoms with Crippen LogP contribution in [-0.2, 0) is 0 Å². The quantitative estimate of drug-likeness (QED) is 0.793. The van der Waals surface area contributed by atoms with Crippen molar-refractivity contribution in [3.8, 4) is 0 Å². The van der Waals surface area contributed by atoms with Crippen LogP contribution >= 0.6 is 0 Å². The SMILES string of the molecule is CCC(c1ccoc1)N1CCNCC1. The molecule has 0 aliphatic carbocycles. The molecule has 1 aromatic rings. The Hall–Kier alpha value is -0.800. The Labute approximate surface area is 85.1 Å². The molecule has 1 atom stereocenters. The standard InChI is InChI=1S/C11H18N2O/c1-2-11(10-3-8-14-9-10)13-6-4-12-5-7-13/h3,8-9,11-12H,2,4-7H2,1H3. The molecule has 1 unspecified atom stereocenters. The molecule has 0 amide bonds. The topological polar surface area (TPSA) is 28.4 Å². The second kappa shape index (κ2) is 4.62. The van der Waals surface area contributed by atoms with Crippen molar-refractivity contribution >= 4 is 0 Å². The summed E-state index contributed by atoms with van der Waals surface area (Å²) in [5.74, 6) is 0. The van der Waals surface area contributed by atoms with E-state index in [0.29, 0.717) is 6.04 Å². The normalized spacial score (nSPS) is 20.9. The number of nitrogens with one attached hydrogen (secondary N) is 1. The average molecular weight is 194 g/mol. The lowest BCUT2D eigenvalue weighted by atomic mass is 10.1. The Bertz CT molecular complexity index is 252. The summed E-state index contributed by atoms with van der Waals surface area (Å²) in [4.78, 5) is 2.53. The van der Waals surface area contributed by atoms with Crippen molar-refractivity contribution in [2.45, 2.75) is 19.4 Å². The van der Waals surface area contributed by atoms with Crippen LogP contribution in [0.5, 0.6) is 0 Å². The molecule has 1 aliphatic rings. The van der Waals surface area contributed by atoms with Gasteiger partial charge in [0.1, 0.15) is 0 Å². The molecule has 1 saturated heterocycles. The minimum Gasteiger partial charge on any atom is -0.472 e. The van der Waals surface area contributed by atoms with E-state index in [-0.39, 0.29) is 0 Å². The molecule has 1 aliphatic heterocycles. The third-order valence-corrected chi connectivity index (χ3v) is 2.91. The van der Waals surface area contributed by atoms with E-state index in [4.69, 9.17) is 4.42 Å². The van der Waals surface area contributed by atoms with E-state index in [1.54, 1.807) is 6.26 Å². The van der Waals surface area contributed by atoms with Crippen LogP contribution in [0.3, 0.4) is 0 Å². The number of piperazine rings is 1. The summed E-state index contributed by atoms with van der Waals surface area (Å²) in [5, 5.41) is 3.37. The predicted octanol–water partition coefficient (Wildman–Crippen LogP) is 1.64. The fourth-order valence-corrected chi connectivity index (χ4v) is 2.16. The average Bonchev–Trinajstić information content (AvgIpc) is 2.74. The first-order valence-corrected chi connectivity index (χ1v) is 5.38. The van der Waals surface area contributed by atoms with Crippen molar-refractivity contribution in [2.75, 3.05) is 26.2 Å². The van der Waals surface area contributed by atoms with E-state index in [1.807, 2.05) is 6.26 Å². The van der Waals surface area contributed by atoms with E-state index in [9.17, 15) is 0 Å². The van der Waals surface area contributed by atoms with Gasteiger partial charge in [-0.15, -0.1) is 0 Å². The predicted molar refractivity (Wildman–Crippen MR) is 56.2 cm³/mol. The number of hydrogen-bond acceptors (Lipinski definition) is 3. The summed E-state index contributed by atoms with van der Waals surface area (Å²) >= 11 is 0. The van der Waals surface area contributed by atoms with Gasteiger partial charge in [-0.25, -0.2) is 0 Å². The van der Waals surface area contributed by atoms with Gasteiger partial charge < -0.3 is 9.73 Å². The molecule has 1 N–H and O–H groups in total. The van der Waals surface area contributed by atoms with Crippen LogP contribution in [0.2, 0.25) is 0 Å². The van der Waals surface area contributed by atoms with Crippen molar-refractivity contribution in [2.24, 2.45) is 0 Å². The van der Waals surface area contributed by atoms with Crippen LogP contribution in [0.25, 0.3) is 0 Å². The number of rotatable bonds is 3. The highest BCUT2D eigenvalue weighted by Crippen LogP contribution is 2.24. The first kappa shape index (κ1) is 9.74. The number of nitrogens with zero attached hydrogens (tertiary/aromatic N) is 1. The second-order valence-corrected chi connectivity index (χ2v) is 3.77. The zero-order valence-corrected chi connectivity index (χ0v) is 8.70. The van der Waals surface area contributed by atoms with Crippen molar-refractivity contribution in [3.63, 3.8) is 0 Å². The minimum absolute atomic E-state index is 0.538. The maximum absolute atomic E-state index is 5.15. The molecule has 1 fully saturated rings. The summed E-state index contributed by atoms with van der Waals surface area (Å²) in [7, 11) is 0. The zero-order chi connectivity index (χ0) is 9.80. The lowest BCUT2D eigenvalue weighted by Crippen LogP contribution is -2.44. The largest absolute Gasteiger partial charge is 0.472 e. The number of hydrogen-bond donors (Lipinski definition) is 1. The minimum atomic E-state index is 0.538. The molecule has 0 radical (unpaired) electrons. The van der Waals surface area contributed by atoms with E-state index < -0.39 is 0 Å². The highest BCUT2D eigenvalue weighted by molar-refractivity contribution is 5.11. The van der Waals surface area contributed by atoms with E-state index in [0.717, 1.165) is 32.6 Å². The second-order valence-electron chi connectivity index (χ2n) is 3.77. The maximum atomic E-state index is 5.15. The first-order valence-electron chi connectivity index (χ1n) is 5.38. The Morgan fingerprint density at radius 1 is 1.50 bits per heavy atom. The fourth-order valence-electron chi connectivity index (χ4n) is 2.16. The van der Waals surface area contributed by atoms with E-state index >= 15 is 0 Å². The Kier molecular flexibility index (Phi) is 3.22. The molecule has 2 rings (SSSR count). The number of furan rings is 1. The molecule has 0 bridgehead atoms. The summed E-state index contributed by atoms with van der Waals surface area (Å²) in [5.41, 5.74) is 1.31. The zero-order valence-electron chi connectivity index (χ0n) is 8.70. The molecule has 0 saturated carbocycles. The lowest BCUT2D eigenvalue weighted by Gasteiger charge is -2.33. The lowest BCUT2D eigenvalue weighted by molar-refractivity contribution is 0.169. The molecule has 14 heavy (non-hydrogen) atoms. The van der Waals surface area contributed by atoms with E-state index in [1.165, 1.54) is 5.56 Å². The van der Waals surface area contributed by atoms with Crippen LogP contribution in [0, 0.1) is 0 Å². The van der Waals surface area contributed by atoms with Gasteiger partial charge in [-0.1, -0.05) is 6.92 Å². The molecule has 3 heteroatoms. The summed E-state index contributed by atoms with van der Waals surface area (Å²) in [6.07, 6.45) is 4.79. The van der Waals surface area contributed by atoms with Crippen LogP contribution < -0.4 is 5.32 Å². The van der Waals surface area contributed by atoms with Gasteiger partial charge in [0.05, 0.1) is 12.5 Å². The highest BCUT2D eigenvalue weighted by Gasteiger charge is 2.20. The maximum Gasteiger partial charge on any atom is 0.0950 e. The van der Waals surface area contributed by atoms with Crippen LogP contribution in [0.15, 0.2) is 23.0 Å². The van der Waals surface area contributed by atoms with E-state index in [2.05, 4.69) is 23.2 Å². The molecule has 78 valence electrons. The molecule has 3 nitrogen and oxygen atoms in total. The van der Waals surface area contributed by atoms with Gasteiger partial charge in [0, 0.05) is 37.8 Å². The summed E-state index contributed by atoms with van der Waals surface area (Å²) < 4.78 is 5.15. The van der Waals surface area contributed by atoms with Gasteiger partial charge in [-0.2, -0.15) is 0 Å². The smallest absolute Gasteiger partial charge is 0.0950 e. The van der Waals surface area contributed by atoms with Gasteiger partial charge in [0.2, 0.25) is 0 Å². The van der Waals surface area contributed by atoms with Crippen LogP contribution in [0.1, 0.15) is 24.9 Å². The van der Waals surface area contributed by atoms with Gasteiger partial charge in [-0.3, -0.25) is 4.90 Å². The third-order valence-electron chi connectivity index (χ3n) is 2.91. The van der Waals surface area contributed by atoms with Crippen LogP contribution in [-0.4, -0.2) is 31.1 Å². The van der Waals surface area contributed by atoms with Crippen molar-refractivity contribution in [1.29, 1.82) is 0 Å². The Morgan fingerprint density at radius 2 is 2.29 bits per heavy atom. The Morgan fingerprint density at radius 3 is 2.86 bits per heavy atom. The van der Waals surface area contributed by atoms with Gasteiger partial charge >= 0.3 is 0 Å². The highest BCUT2D eigenvalue weighted by atomic mass is 16.3. The molecular weight excluding hydrogens is 176 g/mol. The van der Waals surface area contributed by atoms with Crippen molar-refractivity contribution < 1.29 is 4.42 Å². The summed E-state index contributed by atoms with van der Waals surface area (Å²) in [6.45, 7) is 6.73. The van der Waals surface area contributed by atoms with Crippen LogP contribution in [0.4, 0.5) is 0 Å². The fraction of sp³-hybridized carbons (Fsp3) is 0.636. The Balaban J connectivity index is 2.04. The molecule has 0 aromatic carbocycles. The van der Waals surface area contributed by atoms with Gasteiger partial charge in [0.15, 0.2) is 0 Å². The molecule has 0 spiro atoms. The molecule has 2 heterocycles. The van der Waals surface area contributed by atoms with Crippen molar-refractivity contribution in [1.82, 2.24) is 10.2 Å². The molecule has 1 aromatic heterocycles.